The van der Waals surface area contributed by atoms with Crippen LogP contribution in [-0.4, -0.2) is 77.1 Å². The van der Waals surface area contributed by atoms with Gasteiger partial charge in [-0.05, 0) is 50.3 Å². The van der Waals surface area contributed by atoms with E-state index >= 15 is 0 Å². The van der Waals surface area contributed by atoms with Gasteiger partial charge in [-0.15, -0.1) is 0 Å². The van der Waals surface area contributed by atoms with Gasteiger partial charge in [-0.3, -0.25) is 9.59 Å². The fraction of sp³-hybridized carbons (Fsp3) is 0.385. The van der Waals surface area contributed by atoms with E-state index in [1.165, 1.54) is 11.0 Å². The maximum absolute atomic E-state index is 12.5. The molecular weight excluding hydrogens is 522 g/mol. The number of aliphatic hydroxyl groups excluding tert-OH is 1. The molecule has 0 bridgehead atoms. The lowest BCUT2D eigenvalue weighted by atomic mass is 10.1. The third-order valence-corrected chi connectivity index (χ3v) is 7.97. The molecule has 1 aliphatic heterocycles. The van der Waals surface area contributed by atoms with Crippen LogP contribution in [-0.2, 0) is 9.96 Å². The van der Waals surface area contributed by atoms with Crippen LogP contribution in [0.2, 0.25) is 5.02 Å². The van der Waals surface area contributed by atoms with Gasteiger partial charge in [-0.1, -0.05) is 24.1 Å². The molecule has 3 aromatic rings. The molecule has 5 rings (SSSR count). The molecule has 2 aromatic heterocycles. The van der Waals surface area contributed by atoms with E-state index in [-0.39, 0.29) is 23.7 Å². The molecule has 0 unspecified atom stereocenters. The highest BCUT2D eigenvalue weighted by molar-refractivity contribution is 6.32. The first kappa shape index (κ1) is 26.0. The topological polar surface area (TPSA) is 131 Å². The van der Waals surface area contributed by atoms with Crippen LogP contribution < -0.4 is 11.1 Å². The molecule has 3 heterocycles. The Hall–Kier alpha value is -3.59. The first-order chi connectivity index (χ1) is 18.1. The predicted molar refractivity (Wildman–Crippen MR) is 145 cm³/mol. The second-order valence-electron chi connectivity index (χ2n) is 9.77. The molecule has 1 aromatic carbocycles. The third-order valence-electron chi connectivity index (χ3n) is 7.09. The second kappa shape index (κ2) is 9.61. The number of primary amides is 1. The van der Waals surface area contributed by atoms with Crippen molar-refractivity contribution in [3.63, 3.8) is 0 Å². The number of carbonyl (C=O) groups excluding carboxylic acids is 2. The molecule has 2 fully saturated rings. The second-order valence-corrected chi connectivity index (χ2v) is 11.1. The van der Waals surface area contributed by atoms with Crippen molar-refractivity contribution in [1.29, 1.82) is 0 Å². The van der Waals surface area contributed by atoms with Gasteiger partial charge in [-0.25, -0.2) is 9.67 Å². The van der Waals surface area contributed by atoms with E-state index in [1.54, 1.807) is 18.7 Å². The normalized spacial score (nSPS) is 21.7. The van der Waals surface area contributed by atoms with E-state index in [4.69, 9.17) is 17.3 Å². The average molecular weight is 549 g/mol. The van der Waals surface area contributed by atoms with Gasteiger partial charge >= 0.3 is 0 Å². The molecule has 1 aliphatic carbocycles. The molecule has 10 nitrogen and oxygen atoms in total. The van der Waals surface area contributed by atoms with E-state index in [0.717, 1.165) is 23.9 Å². The number of imidazole rings is 1. The highest BCUT2D eigenvalue weighted by Crippen LogP contribution is 2.38. The predicted octanol–water partition coefficient (Wildman–Crippen LogP) is 1.75. The highest BCUT2D eigenvalue weighted by Gasteiger charge is 2.47. The Kier molecular flexibility index (Phi) is 6.59. The zero-order valence-corrected chi connectivity index (χ0v) is 22.8. The highest BCUT2D eigenvalue weighted by atomic mass is 35.5. The van der Waals surface area contributed by atoms with Crippen molar-refractivity contribution < 1.29 is 14.7 Å². The van der Waals surface area contributed by atoms with Gasteiger partial charge in [0.25, 0.3) is 5.91 Å². The number of anilines is 1. The van der Waals surface area contributed by atoms with Crippen LogP contribution in [0.25, 0.3) is 11.0 Å². The largest absolute Gasteiger partial charge is 0.391 e. The number of aliphatic hydroxyl groups is 1. The molecule has 1 saturated heterocycles. The smallest absolute Gasteiger partial charge is 0.255 e. The minimum absolute atomic E-state index is 0.106. The van der Waals surface area contributed by atoms with Crippen molar-refractivity contribution in [1.82, 2.24) is 24.2 Å². The summed E-state index contributed by atoms with van der Waals surface area (Å²) in [5.41, 5.74) is 8.30. The first-order valence-electron chi connectivity index (χ1n) is 12.2. The summed E-state index contributed by atoms with van der Waals surface area (Å²) in [6, 6.07) is 3.64. The van der Waals surface area contributed by atoms with Crippen molar-refractivity contribution in [3.05, 3.63) is 53.0 Å². The maximum Gasteiger partial charge on any atom is 0.255 e. The number of amides is 2. The summed E-state index contributed by atoms with van der Waals surface area (Å²) in [6.07, 6.45) is 4.79. The van der Waals surface area contributed by atoms with Crippen LogP contribution in [0.1, 0.15) is 53.8 Å². The van der Waals surface area contributed by atoms with Gasteiger partial charge in [0.05, 0.1) is 49.9 Å². The molecule has 2 aliphatic rings. The Morgan fingerprint density at radius 1 is 1.39 bits per heavy atom. The minimum atomic E-state index is -0.949. The van der Waals surface area contributed by atoms with Crippen LogP contribution in [0.15, 0.2) is 31.1 Å². The van der Waals surface area contributed by atoms with Crippen LogP contribution in [0.5, 0.6) is 0 Å². The van der Waals surface area contributed by atoms with Crippen molar-refractivity contribution in [3.8, 4) is 11.8 Å². The zero-order chi connectivity index (χ0) is 27.4. The molecule has 1 saturated carbocycles. The number of hydrogen-bond acceptors (Lipinski definition) is 6. The lowest BCUT2D eigenvalue weighted by Crippen LogP contribution is -2.42. The van der Waals surface area contributed by atoms with Crippen molar-refractivity contribution in [2.75, 3.05) is 18.9 Å². The van der Waals surface area contributed by atoms with Crippen LogP contribution >= 0.6 is 11.6 Å². The first-order valence-corrected chi connectivity index (χ1v) is 13.1. The molecule has 38 heavy (non-hydrogen) atoms. The minimum Gasteiger partial charge on any atom is -0.391 e. The molecule has 0 spiro atoms. The Labute approximate surface area is 228 Å². The fourth-order valence-electron chi connectivity index (χ4n) is 5.06. The number of nitrogens with one attached hydrogen (secondary N) is 1. The van der Waals surface area contributed by atoms with E-state index in [2.05, 4.69) is 48.6 Å². The number of likely N-dealkylation sites (tertiary alicyclic amines) is 1. The maximum atomic E-state index is 12.5. The standard InChI is InChI=1S/C26H27ClN7O3Si/c1-4-22(36)32-12-26(38,11-21(32)14(2)35)34-25(29-3)23(24(28)37)18(31-34)8-5-15-9-19-20(10-17(15)27)33(13-30-19)16-6-7-16/h4,9-10,13-14,16,21,29,35H,1,6-7,11-12H2,2-3H3,(H2,28,37)/t14-,21-,26-/m1/s1. The number of aromatic nitrogens is 4. The summed E-state index contributed by atoms with van der Waals surface area (Å²) in [4.78, 5) is 31.1. The Morgan fingerprint density at radius 3 is 2.74 bits per heavy atom. The number of nitrogens with two attached hydrogens (primary N) is 1. The zero-order valence-electron chi connectivity index (χ0n) is 21.0. The summed E-state index contributed by atoms with van der Waals surface area (Å²) in [5.74, 6) is 5.29. The summed E-state index contributed by atoms with van der Waals surface area (Å²) in [5, 5.41) is 17.5. The number of fused-ring (bicyclic) bond motifs is 1. The Balaban J connectivity index is 1.57. The van der Waals surface area contributed by atoms with Gasteiger partial charge in [0.1, 0.15) is 11.4 Å². The summed E-state index contributed by atoms with van der Waals surface area (Å²) in [6.45, 7) is 5.35. The number of hydrogen-bond donors (Lipinski definition) is 3. The number of nitrogens with zero attached hydrogens (tertiary/aromatic N) is 5. The van der Waals surface area contributed by atoms with Gasteiger partial charge in [0, 0.05) is 25.2 Å². The average Bonchev–Trinajstić information content (AvgIpc) is 3.36. The van der Waals surface area contributed by atoms with Gasteiger partial charge in [-0.2, -0.15) is 5.10 Å². The van der Waals surface area contributed by atoms with Gasteiger partial charge < -0.3 is 25.6 Å². The molecular formula is C26H27ClN7O3Si. The lowest BCUT2D eigenvalue weighted by Gasteiger charge is -2.27. The fourth-order valence-corrected chi connectivity index (χ4v) is 5.80. The van der Waals surface area contributed by atoms with Crippen molar-refractivity contribution in [2.24, 2.45) is 5.73 Å². The lowest BCUT2D eigenvalue weighted by molar-refractivity contribution is -0.128. The third kappa shape index (κ3) is 4.38. The number of carbonyl (C=O) groups is 2. The summed E-state index contributed by atoms with van der Waals surface area (Å²) < 4.78 is 3.68. The van der Waals surface area contributed by atoms with Crippen molar-refractivity contribution in [2.45, 2.75) is 49.5 Å². The number of rotatable bonds is 6. The summed E-state index contributed by atoms with van der Waals surface area (Å²) >= 11 is 6.57. The Bertz CT molecular complexity index is 1530. The van der Waals surface area contributed by atoms with Gasteiger partial charge in [0.15, 0.2) is 5.69 Å². The van der Waals surface area contributed by atoms with Crippen LogP contribution in [0.3, 0.4) is 0 Å². The number of halogens is 1. The SMILES string of the molecule is C=CC(=O)N1C[C@@]([Si])(n2nc(C#Cc3cc4ncn(C5CC5)c4cc3Cl)c(C(N)=O)c2NC)C[C@@H]1[C@@H](C)O. The molecule has 3 atom stereocenters. The monoisotopic (exact) mass is 548 g/mol. The van der Waals surface area contributed by atoms with Crippen LogP contribution in [0, 0.1) is 11.8 Å². The Morgan fingerprint density at radius 2 is 2.13 bits per heavy atom. The molecule has 2 amide bonds. The van der Waals surface area contributed by atoms with E-state index < -0.39 is 23.2 Å². The number of benzene rings is 1. The van der Waals surface area contributed by atoms with E-state index in [1.807, 2.05) is 18.5 Å². The van der Waals surface area contributed by atoms with E-state index in [0.29, 0.717) is 28.9 Å². The van der Waals surface area contributed by atoms with E-state index in [9.17, 15) is 14.7 Å². The van der Waals surface area contributed by atoms with Gasteiger partial charge in [0.2, 0.25) is 5.91 Å². The molecule has 12 heteroatoms. The molecule has 195 valence electrons. The van der Waals surface area contributed by atoms with Crippen molar-refractivity contribution >= 4 is 50.5 Å². The molecule has 4 N–H and O–H groups in total. The quantitative estimate of drug-likeness (QED) is 0.244. The van der Waals surface area contributed by atoms with Crippen LogP contribution in [0.4, 0.5) is 5.82 Å². The molecule has 3 radical (unpaired) electrons. The summed E-state index contributed by atoms with van der Waals surface area (Å²) in [7, 11) is 5.44.